The first kappa shape index (κ1) is 16.3. The zero-order valence-electron chi connectivity index (χ0n) is 11.8. The van der Waals surface area contributed by atoms with Crippen LogP contribution in [0.5, 0.6) is 5.75 Å². The fourth-order valence-corrected chi connectivity index (χ4v) is 2.14. The van der Waals surface area contributed by atoms with Gasteiger partial charge in [0.1, 0.15) is 5.75 Å². The van der Waals surface area contributed by atoms with Crippen LogP contribution in [-0.2, 0) is 0 Å². The Morgan fingerprint density at radius 3 is 2.82 bits per heavy atom. The molecule has 2 rings (SSSR count). The summed E-state index contributed by atoms with van der Waals surface area (Å²) in [6.45, 7) is 2.45. The fourth-order valence-electron chi connectivity index (χ4n) is 1.77. The molecule has 4 nitrogen and oxygen atoms in total. The minimum Gasteiger partial charge on any atom is -0.493 e. The topological polar surface area (TPSA) is 50.7 Å². The molecule has 0 aliphatic carbocycles. The minimum absolute atomic E-state index is 0.268. The minimum atomic E-state index is -0.433. The van der Waals surface area contributed by atoms with Crippen LogP contribution in [0.15, 0.2) is 47.6 Å². The standard InChI is InChI=1S/C16H14Cl2N2O2/c1-2-22-15-6-4-3-5-11(15)10-19-20-16(21)13-9-12(17)7-8-14(13)18/h3-10H,2H2,1H3,(H,20,21)/b19-10-. The molecule has 0 atom stereocenters. The first-order valence-corrected chi connectivity index (χ1v) is 7.37. The summed E-state index contributed by atoms with van der Waals surface area (Å²) in [6, 6.07) is 12.1. The molecule has 0 unspecified atom stereocenters. The van der Waals surface area contributed by atoms with Crippen LogP contribution in [-0.4, -0.2) is 18.7 Å². The Balaban J connectivity index is 2.09. The molecule has 0 saturated heterocycles. The van der Waals surface area contributed by atoms with E-state index in [9.17, 15) is 4.79 Å². The van der Waals surface area contributed by atoms with E-state index in [1.807, 2.05) is 31.2 Å². The van der Waals surface area contributed by atoms with Gasteiger partial charge in [-0.25, -0.2) is 5.43 Å². The summed E-state index contributed by atoms with van der Waals surface area (Å²) in [5.41, 5.74) is 3.45. The number of amides is 1. The molecule has 0 bridgehead atoms. The Hall–Kier alpha value is -2.04. The van der Waals surface area contributed by atoms with Crippen LogP contribution in [0.4, 0.5) is 0 Å². The van der Waals surface area contributed by atoms with E-state index in [0.29, 0.717) is 22.4 Å². The monoisotopic (exact) mass is 336 g/mol. The number of rotatable bonds is 5. The maximum Gasteiger partial charge on any atom is 0.272 e. The number of hydrogen-bond acceptors (Lipinski definition) is 3. The van der Waals surface area contributed by atoms with Crippen LogP contribution < -0.4 is 10.2 Å². The first-order valence-electron chi connectivity index (χ1n) is 6.62. The third-order valence-electron chi connectivity index (χ3n) is 2.76. The average molecular weight is 337 g/mol. The maximum absolute atomic E-state index is 12.0. The molecule has 0 heterocycles. The molecule has 6 heteroatoms. The summed E-state index contributed by atoms with van der Waals surface area (Å²) in [5.74, 6) is 0.265. The van der Waals surface area contributed by atoms with E-state index in [4.69, 9.17) is 27.9 Å². The second kappa shape index (κ2) is 7.82. The van der Waals surface area contributed by atoms with E-state index in [1.54, 1.807) is 12.1 Å². The summed E-state index contributed by atoms with van der Waals surface area (Å²) in [6.07, 6.45) is 1.52. The van der Waals surface area contributed by atoms with Gasteiger partial charge in [0.05, 0.1) is 23.4 Å². The van der Waals surface area contributed by atoms with Crippen molar-refractivity contribution in [2.24, 2.45) is 5.10 Å². The Morgan fingerprint density at radius 2 is 2.05 bits per heavy atom. The smallest absolute Gasteiger partial charge is 0.272 e. The number of carbonyl (C=O) groups excluding carboxylic acids is 1. The van der Waals surface area contributed by atoms with E-state index in [0.717, 1.165) is 5.56 Å². The lowest BCUT2D eigenvalue weighted by molar-refractivity contribution is 0.0955. The van der Waals surface area contributed by atoms with E-state index < -0.39 is 5.91 Å². The lowest BCUT2D eigenvalue weighted by Crippen LogP contribution is -2.18. The summed E-state index contributed by atoms with van der Waals surface area (Å²) >= 11 is 11.8. The van der Waals surface area contributed by atoms with Crippen LogP contribution in [0.25, 0.3) is 0 Å². The molecular formula is C16H14Cl2N2O2. The number of hydrazone groups is 1. The lowest BCUT2D eigenvalue weighted by Gasteiger charge is -2.06. The van der Waals surface area contributed by atoms with Gasteiger partial charge in [-0.1, -0.05) is 35.3 Å². The summed E-state index contributed by atoms with van der Waals surface area (Å²) in [5, 5.41) is 4.67. The van der Waals surface area contributed by atoms with E-state index in [2.05, 4.69) is 10.5 Å². The van der Waals surface area contributed by atoms with Crippen molar-refractivity contribution < 1.29 is 9.53 Å². The van der Waals surface area contributed by atoms with Crippen molar-refractivity contribution in [3.63, 3.8) is 0 Å². The van der Waals surface area contributed by atoms with Crippen molar-refractivity contribution in [2.45, 2.75) is 6.92 Å². The van der Waals surface area contributed by atoms with Crippen LogP contribution in [0.3, 0.4) is 0 Å². The number of ether oxygens (including phenoxy) is 1. The van der Waals surface area contributed by atoms with Gasteiger partial charge in [0.25, 0.3) is 5.91 Å². The van der Waals surface area contributed by atoms with Gasteiger partial charge in [-0.05, 0) is 37.3 Å². The molecular weight excluding hydrogens is 323 g/mol. The largest absolute Gasteiger partial charge is 0.493 e. The molecule has 0 spiro atoms. The van der Waals surface area contributed by atoms with E-state index in [1.165, 1.54) is 12.3 Å². The average Bonchev–Trinajstić information content (AvgIpc) is 2.51. The van der Waals surface area contributed by atoms with Crippen molar-refractivity contribution >= 4 is 35.3 Å². The van der Waals surface area contributed by atoms with Crippen LogP contribution in [0.1, 0.15) is 22.8 Å². The third-order valence-corrected chi connectivity index (χ3v) is 3.33. The quantitative estimate of drug-likeness (QED) is 0.658. The summed E-state index contributed by atoms with van der Waals surface area (Å²) in [7, 11) is 0. The predicted molar refractivity (Wildman–Crippen MR) is 89.1 cm³/mol. The number of carbonyl (C=O) groups is 1. The molecule has 0 aromatic heterocycles. The predicted octanol–water partition coefficient (Wildman–Crippen LogP) is 4.16. The Morgan fingerprint density at radius 1 is 1.27 bits per heavy atom. The molecule has 0 radical (unpaired) electrons. The van der Waals surface area contributed by atoms with Crippen molar-refractivity contribution in [1.29, 1.82) is 0 Å². The summed E-state index contributed by atoms with van der Waals surface area (Å²) in [4.78, 5) is 12.0. The van der Waals surface area contributed by atoms with Crippen LogP contribution in [0.2, 0.25) is 10.0 Å². The number of nitrogens with one attached hydrogen (secondary N) is 1. The molecule has 114 valence electrons. The second-order valence-electron chi connectivity index (χ2n) is 4.29. The molecule has 0 aliphatic heterocycles. The van der Waals surface area contributed by atoms with Gasteiger partial charge in [0.2, 0.25) is 0 Å². The molecule has 22 heavy (non-hydrogen) atoms. The highest BCUT2D eigenvalue weighted by Crippen LogP contribution is 2.20. The number of hydrogen-bond donors (Lipinski definition) is 1. The number of benzene rings is 2. The van der Waals surface area contributed by atoms with E-state index >= 15 is 0 Å². The van der Waals surface area contributed by atoms with Crippen molar-refractivity contribution in [2.75, 3.05) is 6.61 Å². The van der Waals surface area contributed by atoms with Gasteiger partial charge in [0, 0.05) is 10.6 Å². The van der Waals surface area contributed by atoms with Crippen LogP contribution in [0, 0.1) is 0 Å². The highest BCUT2D eigenvalue weighted by Gasteiger charge is 2.10. The Labute approximate surface area is 138 Å². The van der Waals surface area contributed by atoms with Gasteiger partial charge in [0.15, 0.2) is 0 Å². The zero-order chi connectivity index (χ0) is 15.9. The number of halogens is 2. The van der Waals surface area contributed by atoms with Crippen LogP contribution >= 0.6 is 23.2 Å². The SMILES string of the molecule is CCOc1ccccc1/C=N\NC(=O)c1cc(Cl)ccc1Cl. The van der Waals surface area contributed by atoms with Crippen molar-refractivity contribution in [3.8, 4) is 5.75 Å². The van der Waals surface area contributed by atoms with Gasteiger partial charge in [-0.2, -0.15) is 5.10 Å². The highest BCUT2D eigenvalue weighted by molar-refractivity contribution is 6.35. The van der Waals surface area contributed by atoms with Crippen molar-refractivity contribution in [1.82, 2.24) is 5.43 Å². The first-order chi connectivity index (χ1) is 10.6. The molecule has 0 saturated carbocycles. The fraction of sp³-hybridized carbons (Fsp3) is 0.125. The molecule has 2 aromatic rings. The lowest BCUT2D eigenvalue weighted by atomic mass is 10.2. The maximum atomic E-state index is 12.0. The highest BCUT2D eigenvalue weighted by atomic mass is 35.5. The second-order valence-corrected chi connectivity index (χ2v) is 5.14. The van der Waals surface area contributed by atoms with Gasteiger partial charge in [-0.3, -0.25) is 4.79 Å². The number of nitrogens with zero attached hydrogens (tertiary/aromatic N) is 1. The Kier molecular flexibility index (Phi) is 5.81. The third kappa shape index (κ3) is 4.23. The van der Waals surface area contributed by atoms with Gasteiger partial charge < -0.3 is 4.74 Å². The van der Waals surface area contributed by atoms with Gasteiger partial charge >= 0.3 is 0 Å². The Bertz CT molecular complexity index is 702. The normalized spacial score (nSPS) is 10.7. The summed E-state index contributed by atoms with van der Waals surface area (Å²) < 4.78 is 5.47. The van der Waals surface area contributed by atoms with Crippen molar-refractivity contribution in [3.05, 3.63) is 63.6 Å². The van der Waals surface area contributed by atoms with Gasteiger partial charge in [-0.15, -0.1) is 0 Å². The zero-order valence-corrected chi connectivity index (χ0v) is 13.4. The molecule has 0 aliphatic rings. The molecule has 1 amide bonds. The molecule has 1 N–H and O–H groups in total. The number of para-hydroxylation sites is 1. The molecule has 2 aromatic carbocycles. The molecule has 0 fully saturated rings. The van der Waals surface area contributed by atoms with E-state index in [-0.39, 0.29) is 5.56 Å².